The zero-order chi connectivity index (χ0) is 10.2. The summed E-state index contributed by atoms with van der Waals surface area (Å²) in [5.74, 6) is 0. The van der Waals surface area contributed by atoms with Crippen molar-refractivity contribution in [3.63, 3.8) is 0 Å². The molecule has 82 valence electrons. The summed E-state index contributed by atoms with van der Waals surface area (Å²) in [6, 6.07) is 0.639. The lowest BCUT2D eigenvalue weighted by atomic mass is 10.1. The fourth-order valence-corrected chi connectivity index (χ4v) is 2.55. The van der Waals surface area contributed by atoms with Crippen LogP contribution in [-0.2, 0) is 0 Å². The van der Waals surface area contributed by atoms with E-state index in [0.29, 0.717) is 18.1 Å². The van der Waals surface area contributed by atoms with Crippen LogP contribution in [0.2, 0.25) is 0 Å². The zero-order valence-electron chi connectivity index (χ0n) is 9.30. The van der Waals surface area contributed by atoms with Crippen LogP contribution in [0, 0.1) is 0 Å². The fourth-order valence-electron chi connectivity index (χ4n) is 2.55. The number of halogens is 1. The van der Waals surface area contributed by atoms with Gasteiger partial charge in [0.25, 0.3) is 0 Å². The van der Waals surface area contributed by atoms with Crippen molar-refractivity contribution in [2.24, 2.45) is 0 Å². The van der Waals surface area contributed by atoms with Gasteiger partial charge >= 0.3 is 0 Å². The molecule has 0 aromatic rings. The first-order chi connectivity index (χ1) is 6.68. The molecule has 1 aliphatic heterocycles. The van der Waals surface area contributed by atoms with E-state index in [2.05, 4.69) is 23.6 Å². The Labute approximate surface area is 86.1 Å². The minimum atomic E-state index is -0.191. The lowest BCUT2D eigenvalue weighted by Crippen LogP contribution is -2.56. The van der Waals surface area contributed by atoms with Crippen molar-refractivity contribution in [2.75, 3.05) is 32.9 Å². The standard InChI is InChI=1S/C11H21FN2/c1-10(2)13-7-8-14(6-5-12)11(9-13)3-4-11/h10H,3-9H2,1-2H3. The molecule has 0 amide bonds. The molecule has 0 unspecified atom stereocenters. The summed E-state index contributed by atoms with van der Waals surface area (Å²) in [6.07, 6.45) is 2.55. The van der Waals surface area contributed by atoms with Gasteiger partial charge in [-0.3, -0.25) is 9.80 Å². The summed E-state index contributed by atoms with van der Waals surface area (Å²) in [6.45, 7) is 8.28. The van der Waals surface area contributed by atoms with E-state index < -0.39 is 0 Å². The van der Waals surface area contributed by atoms with Gasteiger partial charge in [0.15, 0.2) is 0 Å². The molecule has 2 nitrogen and oxygen atoms in total. The van der Waals surface area contributed by atoms with E-state index in [1.807, 2.05) is 0 Å². The number of alkyl halides is 1. The van der Waals surface area contributed by atoms with Crippen LogP contribution >= 0.6 is 0 Å². The van der Waals surface area contributed by atoms with Crippen molar-refractivity contribution in [2.45, 2.75) is 38.3 Å². The number of hydrogen-bond donors (Lipinski definition) is 0. The third kappa shape index (κ3) is 1.80. The van der Waals surface area contributed by atoms with Crippen LogP contribution in [0.5, 0.6) is 0 Å². The molecule has 0 bridgehead atoms. The molecule has 1 spiro atoms. The van der Waals surface area contributed by atoms with Crippen LogP contribution in [0.25, 0.3) is 0 Å². The normalized spacial score (nSPS) is 27.4. The summed E-state index contributed by atoms with van der Waals surface area (Å²) in [5, 5.41) is 0. The molecule has 3 heteroatoms. The van der Waals surface area contributed by atoms with E-state index in [-0.39, 0.29) is 6.67 Å². The Balaban J connectivity index is 1.95. The van der Waals surface area contributed by atoms with Gasteiger partial charge in [-0.2, -0.15) is 0 Å². The number of rotatable bonds is 3. The van der Waals surface area contributed by atoms with Crippen molar-refractivity contribution >= 4 is 0 Å². The number of hydrogen-bond acceptors (Lipinski definition) is 2. The summed E-state index contributed by atoms with van der Waals surface area (Å²) in [7, 11) is 0. The zero-order valence-corrected chi connectivity index (χ0v) is 9.30. The van der Waals surface area contributed by atoms with Gasteiger partial charge < -0.3 is 0 Å². The van der Waals surface area contributed by atoms with Gasteiger partial charge in [0.2, 0.25) is 0 Å². The van der Waals surface area contributed by atoms with Crippen LogP contribution in [0.3, 0.4) is 0 Å². The van der Waals surface area contributed by atoms with Crippen molar-refractivity contribution in [1.82, 2.24) is 9.80 Å². The lowest BCUT2D eigenvalue weighted by molar-refractivity contribution is 0.0388. The number of piperazine rings is 1. The Hall–Kier alpha value is -0.150. The molecule has 0 atom stereocenters. The average Bonchev–Trinajstić information content (AvgIpc) is 2.90. The third-order valence-electron chi connectivity index (χ3n) is 3.74. The van der Waals surface area contributed by atoms with Crippen LogP contribution in [0.15, 0.2) is 0 Å². The molecule has 14 heavy (non-hydrogen) atoms. The predicted molar refractivity (Wildman–Crippen MR) is 56.2 cm³/mol. The highest BCUT2D eigenvalue weighted by molar-refractivity contribution is 5.08. The summed E-state index contributed by atoms with van der Waals surface area (Å²) >= 11 is 0. The molecule has 0 N–H and O–H groups in total. The Bertz CT molecular complexity index is 201. The van der Waals surface area contributed by atoms with Gasteiger partial charge in [-0.05, 0) is 26.7 Å². The second kappa shape index (κ2) is 3.78. The largest absolute Gasteiger partial charge is 0.298 e. The molecule has 2 aliphatic rings. The minimum absolute atomic E-state index is 0.191. The first-order valence-electron chi connectivity index (χ1n) is 5.73. The predicted octanol–water partition coefficient (Wildman–Crippen LogP) is 1.51. The van der Waals surface area contributed by atoms with Gasteiger partial charge in [-0.25, -0.2) is 4.39 Å². The molecule has 1 heterocycles. The molecule has 2 rings (SSSR count). The molecule has 1 aliphatic carbocycles. The van der Waals surface area contributed by atoms with E-state index in [4.69, 9.17) is 0 Å². The van der Waals surface area contributed by atoms with Gasteiger partial charge in [0.05, 0.1) is 0 Å². The van der Waals surface area contributed by atoms with Gasteiger partial charge in [-0.15, -0.1) is 0 Å². The maximum Gasteiger partial charge on any atom is 0.102 e. The fraction of sp³-hybridized carbons (Fsp3) is 1.00. The maximum absolute atomic E-state index is 12.3. The lowest BCUT2D eigenvalue weighted by Gasteiger charge is -2.43. The van der Waals surface area contributed by atoms with Crippen LogP contribution in [0.1, 0.15) is 26.7 Å². The van der Waals surface area contributed by atoms with Crippen molar-refractivity contribution in [3.05, 3.63) is 0 Å². The van der Waals surface area contributed by atoms with E-state index >= 15 is 0 Å². The van der Waals surface area contributed by atoms with Crippen LogP contribution in [0.4, 0.5) is 4.39 Å². The average molecular weight is 200 g/mol. The number of nitrogens with zero attached hydrogens (tertiary/aromatic N) is 2. The second-order valence-corrected chi connectivity index (χ2v) is 4.96. The molecular formula is C11H21FN2. The van der Waals surface area contributed by atoms with E-state index in [1.165, 1.54) is 12.8 Å². The monoisotopic (exact) mass is 200 g/mol. The Morgan fingerprint density at radius 3 is 2.50 bits per heavy atom. The van der Waals surface area contributed by atoms with Crippen molar-refractivity contribution < 1.29 is 4.39 Å². The third-order valence-corrected chi connectivity index (χ3v) is 3.74. The Kier molecular flexibility index (Phi) is 2.80. The van der Waals surface area contributed by atoms with E-state index in [0.717, 1.165) is 19.6 Å². The van der Waals surface area contributed by atoms with Gasteiger partial charge in [0, 0.05) is 37.8 Å². The van der Waals surface area contributed by atoms with Gasteiger partial charge in [-0.1, -0.05) is 0 Å². The summed E-state index contributed by atoms with van der Waals surface area (Å²) in [5.41, 5.74) is 0.370. The minimum Gasteiger partial charge on any atom is -0.298 e. The van der Waals surface area contributed by atoms with E-state index in [1.54, 1.807) is 0 Å². The first kappa shape index (κ1) is 10.4. The molecular weight excluding hydrogens is 179 g/mol. The molecule has 0 aromatic carbocycles. The summed E-state index contributed by atoms with van der Waals surface area (Å²) < 4.78 is 12.3. The quantitative estimate of drug-likeness (QED) is 0.681. The maximum atomic E-state index is 12.3. The molecule has 1 saturated heterocycles. The highest BCUT2D eigenvalue weighted by Crippen LogP contribution is 2.44. The smallest absolute Gasteiger partial charge is 0.102 e. The summed E-state index contributed by atoms with van der Waals surface area (Å²) in [4.78, 5) is 4.90. The van der Waals surface area contributed by atoms with Crippen molar-refractivity contribution in [1.29, 1.82) is 0 Å². The molecule has 0 radical (unpaired) electrons. The Morgan fingerprint density at radius 1 is 1.29 bits per heavy atom. The first-order valence-corrected chi connectivity index (χ1v) is 5.73. The topological polar surface area (TPSA) is 6.48 Å². The molecule has 1 saturated carbocycles. The van der Waals surface area contributed by atoms with Crippen molar-refractivity contribution in [3.8, 4) is 0 Å². The van der Waals surface area contributed by atoms with E-state index in [9.17, 15) is 4.39 Å². The highest BCUT2D eigenvalue weighted by atomic mass is 19.1. The molecule has 0 aromatic heterocycles. The second-order valence-electron chi connectivity index (χ2n) is 4.96. The van der Waals surface area contributed by atoms with Crippen LogP contribution in [-0.4, -0.2) is 54.2 Å². The van der Waals surface area contributed by atoms with Gasteiger partial charge in [0.1, 0.15) is 6.67 Å². The highest BCUT2D eigenvalue weighted by Gasteiger charge is 2.50. The van der Waals surface area contributed by atoms with Crippen LogP contribution < -0.4 is 0 Å². The SMILES string of the molecule is CC(C)N1CCN(CCF)C2(CC2)C1. The molecule has 2 fully saturated rings. The Morgan fingerprint density at radius 2 is 2.00 bits per heavy atom.